The van der Waals surface area contributed by atoms with E-state index in [-0.39, 0.29) is 17.4 Å². The SMILES string of the molecule is Cc1ncc(OCc2cn(-c3ccc(Cl)c(OC(F)F)c3)nn2)nc1C. The Morgan fingerprint density at radius 2 is 2.04 bits per heavy atom. The van der Waals surface area contributed by atoms with Crippen LogP contribution < -0.4 is 9.47 Å². The Balaban J connectivity index is 1.72. The van der Waals surface area contributed by atoms with Crippen LogP contribution in [0.2, 0.25) is 5.02 Å². The summed E-state index contributed by atoms with van der Waals surface area (Å²) in [4.78, 5) is 8.43. The van der Waals surface area contributed by atoms with Gasteiger partial charge >= 0.3 is 6.61 Å². The Morgan fingerprint density at radius 1 is 1.23 bits per heavy atom. The van der Waals surface area contributed by atoms with Crippen molar-refractivity contribution in [1.82, 2.24) is 25.0 Å². The third-order valence-corrected chi connectivity index (χ3v) is 3.79. The van der Waals surface area contributed by atoms with E-state index >= 15 is 0 Å². The third kappa shape index (κ3) is 4.23. The molecular weight excluding hydrogens is 368 g/mol. The van der Waals surface area contributed by atoms with Crippen molar-refractivity contribution in [3.63, 3.8) is 0 Å². The van der Waals surface area contributed by atoms with Gasteiger partial charge < -0.3 is 9.47 Å². The molecule has 136 valence electrons. The van der Waals surface area contributed by atoms with Gasteiger partial charge in [-0.25, -0.2) is 9.67 Å². The minimum Gasteiger partial charge on any atom is -0.470 e. The summed E-state index contributed by atoms with van der Waals surface area (Å²) in [7, 11) is 0. The molecule has 2 heterocycles. The van der Waals surface area contributed by atoms with Gasteiger partial charge in [-0.1, -0.05) is 16.8 Å². The molecule has 7 nitrogen and oxygen atoms in total. The smallest absolute Gasteiger partial charge is 0.387 e. The Kier molecular flexibility index (Phi) is 5.27. The maximum atomic E-state index is 12.4. The van der Waals surface area contributed by atoms with E-state index in [2.05, 4.69) is 25.0 Å². The number of hydrogen-bond donors (Lipinski definition) is 0. The van der Waals surface area contributed by atoms with Crippen LogP contribution in [0.3, 0.4) is 0 Å². The second-order valence-electron chi connectivity index (χ2n) is 5.32. The first kappa shape index (κ1) is 18.0. The number of alkyl halides is 2. The third-order valence-electron chi connectivity index (χ3n) is 3.47. The second kappa shape index (κ2) is 7.61. The molecule has 0 unspecified atom stereocenters. The minimum absolute atomic E-state index is 0.0750. The van der Waals surface area contributed by atoms with Crippen LogP contribution >= 0.6 is 11.6 Å². The molecule has 3 aromatic rings. The van der Waals surface area contributed by atoms with Crippen molar-refractivity contribution in [2.45, 2.75) is 27.1 Å². The van der Waals surface area contributed by atoms with E-state index in [1.54, 1.807) is 12.3 Å². The predicted octanol–water partition coefficient (Wildman–Crippen LogP) is 3.51. The van der Waals surface area contributed by atoms with Crippen LogP contribution in [-0.4, -0.2) is 31.6 Å². The second-order valence-corrected chi connectivity index (χ2v) is 5.72. The number of ether oxygens (including phenoxy) is 2. The number of nitrogens with zero attached hydrogens (tertiary/aromatic N) is 5. The summed E-state index contributed by atoms with van der Waals surface area (Å²) in [6.07, 6.45) is 3.13. The molecule has 1 aromatic carbocycles. The fourth-order valence-electron chi connectivity index (χ4n) is 2.05. The van der Waals surface area contributed by atoms with E-state index in [0.717, 1.165) is 11.4 Å². The Morgan fingerprint density at radius 3 is 2.77 bits per heavy atom. The first-order valence-electron chi connectivity index (χ1n) is 7.51. The van der Waals surface area contributed by atoms with Crippen LogP contribution in [0.5, 0.6) is 11.6 Å². The molecule has 0 aliphatic carbocycles. The Hall–Kier alpha value is -2.81. The van der Waals surface area contributed by atoms with E-state index in [1.165, 1.54) is 23.0 Å². The molecule has 0 spiro atoms. The first-order valence-corrected chi connectivity index (χ1v) is 7.89. The standard InChI is InChI=1S/C16H14ClF2N5O2/c1-9-10(2)21-15(6-20-9)25-8-11-7-24(23-22-11)12-3-4-13(17)14(5-12)26-16(18)19/h3-7,16H,8H2,1-2H3. The predicted molar refractivity (Wildman–Crippen MR) is 88.8 cm³/mol. The Labute approximate surface area is 152 Å². The molecule has 0 aliphatic rings. The number of rotatable bonds is 6. The van der Waals surface area contributed by atoms with Crippen molar-refractivity contribution in [3.8, 4) is 17.3 Å². The van der Waals surface area contributed by atoms with Gasteiger partial charge in [0.05, 0.1) is 34.5 Å². The van der Waals surface area contributed by atoms with E-state index in [9.17, 15) is 8.78 Å². The topological polar surface area (TPSA) is 75.0 Å². The molecule has 0 saturated carbocycles. The van der Waals surface area contributed by atoms with Gasteiger partial charge in [-0.15, -0.1) is 5.10 Å². The minimum atomic E-state index is -2.97. The van der Waals surface area contributed by atoms with Gasteiger partial charge in [0.15, 0.2) is 0 Å². The van der Waals surface area contributed by atoms with Gasteiger partial charge in [0, 0.05) is 6.07 Å². The van der Waals surface area contributed by atoms with Crippen molar-refractivity contribution in [2.24, 2.45) is 0 Å². The summed E-state index contributed by atoms with van der Waals surface area (Å²) in [6.45, 7) is 0.855. The lowest BCUT2D eigenvalue weighted by atomic mass is 10.3. The maximum absolute atomic E-state index is 12.4. The molecule has 2 aromatic heterocycles. The quantitative estimate of drug-likeness (QED) is 0.650. The van der Waals surface area contributed by atoms with E-state index in [4.69, 9.17) is 16.3 Å². The van der Waals surface area contributed by atoms with Gasteiger partial charge in [-0.2, -0.15) is 8.78 Å². The fraction of sp³-hybridized carbons (Fsp3) is 0.250. The zero-order chi connectivity index (χ0) is 18.7. The van der Waals surface area contributed by atoms with Crippen LogP contribution in [-0.2, 0) is 6.61 Å². The summed E-state index contributed by atoms with van der Waals surface area (Å²) in [5, 5.41) is 8.00. The highest BCUT2D eigenvalue weighted by molar-refractivity contribution is 6.32. The molecule has 0 atom stereocenters. The summed E-state index contributed by atoms with van der Waals surface area (Å²) in [5.41, 5.74) is 2.60. The molecule has 0 radical (unpaired) electrons. The summed E-state index contributed by atoms with van der Waals surface area (Å²) in [6, 6.07) is 4.40. The number of benzene rings is 1. The highest BCUT2D eigenvalue weighted by Gasteiger charge is 2.12. The average molecular weight is 382 g/mol. The van der Waals surface area contributed by atoms with Crippen molar-refractivity contribution >= 4 is 11.6 Å². The van der Waals surface area contributed by atoms with Crippen LogP contribution in [0, 0.1) is 13.8 Å². The van der Waals surface area contributed by atoms with E-state index in [0.29, 0.717) is 17.3 Å². The number of aryl methyl sites for hydroxylation is 2. The van der Waals surface area contributed by atoms with Gasteiger partial charge in [-0.05, 0) is 26.0 Å². The highest BCUT2D eigenvalue weighted by Crippen LogP contribution is 2.28. The molecular formula is C16H14ClF2N5O2. The van der Waals surface area contributed by atoms with Gasteiger partial charge in [-0.3, -0.25) is 4.98 Å². The summed E-state index contributed by atoms with van der Waals surface area (Å²) < 4.78 is 36.1. The van der Waals surface area contributed by atoms with Crippen molar-refractivity contribution < 1.29 is 18.3 Å². The summed E-state index contributed by atoms with van der Waals surface area (Å²) in [5.74, 6) is 0.236. The van der Waals surface area contributed by atoms with Crippen molar-refractivity contribution in [2.75, 3.05) is 0 Å². The van der Waals surface area contributed by atoms with Gasteiger partial charge in [0.25, 0.3) is 0 Å². The molecule has 26 heavy (non-hydrogen) atoms. The van der Waals surface area contributed by atoms with Gasteiger partial charge in [0.2, 0.25) is 5.88 Å². The number of halogens is 3. The first-order chi connectivity index (χ1) is 12.4. The molecule has 0 aliphatic heterocycles. The zero-order valence-electron chi connectivity index (χ0n) is 13.9. The van der Waals surface area contributed by atoms with Crippen molar-refractivity contribution in [1.29, 1.82) is 0 Å². The monoisotopic (exact) mass is 381 g/mol. The molecule has 0 bridgehead atoms. The average Bonchev–Trinajstić information content (AvgIpc) is 3.06. The molecule has 0 fully saturated rings. The Bertz CT molecular complexity index is 919. The van der Waals surface area contributed by atoms with Crippen LogP contribution in [0.25, 0.3) is 5.69 Å². The normalized spacial score (nSPS) is 11.0. The maximum Gasteiger partial charge on any atom is 0.387 e. The molecule has 0 amide bonds. The van der Waals surface area contributed by atoms with Crippen LogP contribution in [0.1, 0.15) is 17.1 Å². The summed E-state index contributed by atoms with van der Waals surface area (Å²) >= 11 is 5.84. The highest BCUT2D eigenvalue weighted by atomic mass is 35.5. The van der Waals surface area contributed by atoms with Crippen molar-refractivity contribution in [3.05, 3.63) is 52.7 Å². The lowest BCUT2D eigenvalue weighted by Gasteiger charge is -2.08. The largest absolute Gasteiger partial charge is 0.470 e. The van der Waals surface area contributed by atoms with E-state index < -0.39 is 6.61 Å². The molecule has 0 N–H and O–H groups in total. The molecule has 10 heteroatoms. The number of hydrogen-bond acceptors (Lipinski definition) is 6. The van der Waals surface area contributed by atoms with E-state index in [1.807, 2.05) is 13.8 Å². The number of aromatic nitrogens is 5. The van der Waals surface area contributed by atoms with Gasteiger partial charge in [0.1, 0.15) is 18.1 Å². The van der Waals surface area contributed by atoms with Crippen LogP contribution in [0.15, 0.2) is 30.6 Å². The lowest BCUT2D eigenvalue weighted by molar-refractivity contribution is -0.0497. The molecule has 0 saturated heterocycles. The zero-order valence-corrected chi connectivity index (χ0v) is 14.6. The fourth-order valence-corrected chi connectivity index (χ4v) is 2.21. The van der Waals surface area contributed by atoms with Crippen LogP contribution in [0.4, 0.5) is 8.78 Å². The molecule has 3 rings (SSSR count). The lowest BCUT2D eigenvalue weighted by Crippen LogP contribution is -2.03.